The van der Waals surface area contributed by atoms with Gasteiger partial charge in [0.1, 0.15) is 36.3 Å². The lowest BCUT2D eigenvalue weighted by Gasteiger charge is -2.36. The van der Waals surface area contributed by atoms with Crippen molar-refractivity contribution in [1.82, 2.24) is 21.1 Å². The van der Waals surface area contributed by atoms with Crippen molar-refractivity contribution in [1.29, 1.82) is 0 Å². The first-order valence-electron chi connectivity index (χ1n) is 12.0. The second-order valence-electron chi connectivity index (χ2n) is 8.95. The predicted molar refractivity (Wildman–Crippen MR) is 136 cm³/mol. The number of benzene rings is 2. The van der Waals surface area contributed by atoms with E-state index in [0.29, 0.717) is 23.2 Å². The van der Waals surface area contributed by atoms with E-state index in [1.165, 1.54) is 31.2 Å². The van der Waals surface area contributed by atoms with Crippen molar-refractivity contribution >= 4 is 24.4 Å². The summed E-state index contributed by atoms with van der Waals surface area (Å²) in [5.41, 5.74) is -1.05. The quantitative estimate of drug-likeness (QED) is 0.187. The van der Waals surface area contributed by atoms with E-state index in [9.17, 15) is 28.7 Å². The van der Waals surface area contributed by atoms with E-state index in [0.717, 1.165) is 0 Å². The van der Waals surface area contributed by atoms with Gasteiger partial charge >= 0.3 is 0 Å². The van der Waals surface area contributed by atoms with Crippen LogP contribution in [0, 0.1) is 19.7 Å². The van der Waals surface area contributed by atoms with Gasteiger partial charge < -0.3 is 25.0 Å². The molecule has 0 bridgehead atoms. The highest BCUT2D eigenvalue weighted by Crippen LogP contribution is 2.15. The number of aryl methyl sites for hydroxylation is 2. The molecule has 0 fully saturated rings. The van der Waals surface area contributed by atoms with Crippen LogP contribution in [0.25, 0.3) is 0 Å². The molecule has 1 aromatic heterocycles. The molecule has 2 amide bonds. The van der Waals surface area contributed by atoms with Gasteiger partial charge in [-0.3, -0.25) is 24.5 Å². The highest BCUT2D eigenvalue weighted by atomic mass is 19.1. The lowest BCUT2D eigenvalue weighted by atomic mass is 10.0. The zero-order valence-corrected chi connectivity index (χ0v) is 21.6. The Morgan fingerprint density at radius 2 is 1.95 bits per heavy atom. The minimum Gasteiger partial charge on any atom is -0.491 e. The van der Waals surface area contributed by atoms with Crippen LogP contribution in [0.15, 0.2) is 53.1 Å². The van der Waals surface area contributed by atoms with Crippen molar-refractivity contribution in [2.24, 2.45) is 0 Å². The molecular weight excluding hydrogens is 511 g/mol. The number of amides is 2. The smallest absolute Gasteiger partial charge is 0.275 e. The molecule has 4 N–H and O–H groups in total. The lowest BCUT2D eigenvalue weighted by molar-refractivity contribution is -0.127. The van der Waals surface area contributed by atoms with Crippen molar-refractivity contribution in [2.75, 3.05) is 6.61 Å². The van der Waals surface area contributed by atoms with Crippen molar-refractivity contribution in [3.05, 3.63) is 82.5 Å². The van der Waals surface area contributed by atoms with Crippen molar-refractivity contribution in [2.45, 2.75) is 45.1 Å². The van der Waals surface area contributed by atoms with E-state index in [4.69, 9.17) is 9.26 Å². The van der Waals surface area contributed by atoms with Gasteiger partial charge in [0.25, 0.3) is 5.91 Å². The van der Waals surface area contributed by atoms with Crippen molar-refractivity contribution in [3.63, 3.8) is 0 Å². The van der Waals surface area contributed by atoms with Gasteiger partial charge in [-0.1, -0.05) is 29.4 Å². The van der Waals surface area contributed by atoms with E-state index in [1.54, 1.807) is 38.1 Å². The van der Waals surface area contributed by atoms with E-state index in [-0.39, 0.29) is 29.8 Å². The first-order chi connectivity index (χ1) is 18.6. The zero-order chi connectivity index (χ0) is 28.6. The number of rotatable bonds is 13. The Hall–Kier alpha value is -4.42. The minimum absolute atomic E-state index is 0.154. The molecule has 3 rings (SSSR count). The zero-order valence-electron chi connectivity index (χ0n) is 21.6. The maximum Gasteiger partial charge on any atom is 0.275 e. The Balaban J connectivity index is 1.85. The normalized spacial score (nSPS) is 14.0. The predicted octanol–water partition coefficient (Wildman–Crippen LogP) is 1.60. The van der Waals surface area contributed by atoms with E-state index in [1.807, 2.05) is 0 Å². The number of nitrogens with zero attached hydrogens (tertiary/aromatic N) is 1. The number of aromatic nitrogens is 1. The van der Waals surface area contributed by atoms with Gasteiger partial charge in [-0.05, 0) is 44.5 Å². The molecule has 0 radical (unpaired) electrons. The lowest BCUT2D eigenvalue weighted by Crippen LogP contribution is -2.71. The van der Waals surface area contributed by atoms with Gasteiger partial charge in [0.05, 0.1) is 6.10 Å². The Morgan fingerprint density at radius 3 is 2.56 bits per heavy atom. The van der Waals surface area contributed by atoms with Gasteiger partial charge in [-0.2, -0.15) is 0 Å². The standard InChI is InChI=1S/C27H29FN4O7/c1-16-7-8-20(22(28)9-16)12-29-25(36)24(14-38-21-6-4-5-19(11-21)13-33)30-27(15-34,18(3)35)31-26(37)23-10-17(2)39-32-23/h4-11,13,15,18,24,30,35H,12,14H2,1-3H3,(H,29,36)(H,31,37)/t18-,24+,27-/m1/s1. The number of ether oxygens (including phenoxy) is 1. The molecule has 12 heteroatoms. The third-order valence-corrected chi connectivity index (χ3v) is 5.83. The summed E-state index contributed by atoms with van der Waals surface area (Å²) in [5, 5.41) is 21.7. The number of aldehydes is 2. The van der Waals surface area contributed by atoms with Crippen LogP contribution in [0.2, 0.25) is 0 Å². The third kappa shape index (κ3) is 7.55. The van der Waals surface area contributed by atoms with Crippen LogP contribution in [0.1, 0.15) is 44.7 Å². The maximum atomic E-state index is 14.3. The number of nitrogens with one attached hydrogen (secondary N) is 3. The molecule has 3 atom stereocenters. The molecule has 2 aromatic carbocycles. The second kappa shape index (κ2) is 12.9. The fourth-order valence-corrected chi connectivity index (χ4v) is 3.58. The average Bonchev–Trinajstić information content (AvgIpc) is 3.36. The van der Waals surface area contributed by atoms with E-state index in [2.05, 4.69) is 21.1 Å². The summed E-state index contributed by atoms with van der Waals surface area (Å²) >= 11 is 0. The largest absolute Gasteiger partial charge is 0.491 e. The summed E-state index contributed by atoms with van der Waals surface area (Å²) in [7, 11) is 0. The first-order valence-corrected chi connectivity index (χ1v) is 12.0. The Bertz CT molecular complexity index is 1340. The summed E-state index contributed by atoms with van der Waals surface area (Å²) < 4.78 is 24.9. The number of hydrogen-bond acceptors (Lipinski definition) is 9. The SMILES string of the molecule is Cc1ccc(CNC(=O)[C@H](COc2cccc(C=O)c2)N[C@](C=O)(NC(=O)c2cc(C)on2)[C@@H](C)O)c(F)c1. The van der Waals surface area contributed by atoms with Crippen molar-refractivity contribution < 1.29 is 37.9 Å². The molecule has 39 heavy (non-hydrogen) atoms. The number of aliphatic hydroxyl groups excluding tert-OH is 1. The van der Waals surface area contributed by atoms with Crippen LogP contribution in [-0.4, -0.2) is 59.1 Å². The number of carbonyl (C=O) groups excluding carboxylic acids is 4. The number of aliphatic hydroxyl groups is 1. The van der Waals surface area contributed by atoms with Crippen LogP contribution in [0.5, 0.6) is 5.75 Å². The summed E-state index contributed by atoms with van der Waals surface area (Å²) in [6.07, 6.45) is -0.664. The average molecular weight is 541 g/mol. The fraction of sp³-hybridized carbons (Fsp3) is 0.296. The second-order valence-corrected chi connectivity index (χ2v) is 8.95. The molecule has 0 spiro atoms. The fourth-order valence-electron chi connectivity index (χ4n) is 3.58. The van der Waals surface area contributed by atoms with Crippen LogP contribution >= 0.6 is 0 Å². The summed E-state index contributed by atoms with van der Waals surface area (Å²) in [4.78, 5) is 49.4. The number of hydrogen-bond donors (Lipinski definition) is 4. The number of halogens is 1. The molecule has 206 valence electrons. The number of carbonyl (C=O) groups is 4. The molecule has 0 aliphatic rings. The molecule has 0 saturated heterocycles. The maximum absolute atomic E-state index is 14.3. The Kier molecular flexibility index (Phi) is 9.63. The van der Waals surface area contributed by atoms with Crippen LogP contribution in [0.4, 0.5) is 4.39 Å². The van der Waals surface area contributed by atoms with Gasteiger partial charge in [0, 0.05) is 23.7 Å². The van der Waals surface area contributed by atoms with Crippen LogP contribution < -0.4 is 20.7 Å². The van der Waals surface area contributed by atoms with Crippen LogP contribution in [-0.2, 0) is 16.1 Å². The Labute approximate surface area is 223 Å². The molecule has 0 saturated carbocycles. The Morgan fingerprint density at radius 1 is 1.18 bits per heavy atom. The third-order valence-electron chi connectivity index (χ3n) is 5.83. The summed E-state index contributed by atoms with van der Waals surface area (Å²) in [5.74, 6) is -1.50. The highest BCUT2D eigenvalue weighted by Gasteiger charge is 2.41. The molecule has 1 heterocycles. The molecule has 3 aromatic rings. The monoisotopic (exact) mass is 540 g/mol. The van der Waals surface area contributed by atoms with Crippen LogP contribution in [0.3, 0.4) is 0 Å². The molecule has 0 unspecified atom stereocenters. The molecule has 0 aliphatic heterocycles. The summed E-state index contributed by atoms with van der Waals surface area (Å²) in [6.45, 7) is 3.95. The topological polar surface area (TPSA) is 160 Å². The van der Waals surface area contributed by atoms with E-state index < -0.39 is 42.0 Å². The van der Waals surface area contributed by atoms with Gasteiger partial charge in [-0.15, -0.1) is 0 Å². The summed E-state index contributed by atoms with van der Waals surface area (Å²) in [6, 6.07) is 10.7. The van der Waals surface area contributed by atoms with Gasteiger partial charge in [0.15, 0.2) is 17.6 Å². The van der Waals surface area contributed by atoms with Crippen molar-refractivity contribution in [3.8, 4) is 5.75 Å². The van der Waals surface area contributed by atoms with E-state index >= 15 is 0 Å². The minimum atomic E-state index is -2.16. The molecular formula is C27H29FN4O7. The highest BCUT2D eigenvalue weighted by molar-refractivity contribution is 5.95. The first kappa shape index (κ1) is 29.1. The molecule has 11 nitrogen and oxygen atoms in total. The van der Waals surface area contributed by atoms with Gasteiger partial charge in [0.2, 0.25) is 5.91 Å². The van der Waals surface area contributed by atoms with Gasteiger partial charge in [-0.25, -0.2) is 4.39 Å². The molecule has 0 aliphatic carbocycles.